The molecule has 0 amide bonds. The van der Waals surface area contributed by atoms with Gasteiger partial charge in [0.1, 0.15) is 11.8 Å². The van der Waals surface area contributed by atoms with Crippen LogP contribution in [0.2, 0.25) is 0 Å². The van der Waals surface area contributed by atoms with Gasteiger partial charge in [-0.1, -0.05) is 32.9 Å². The molecule has 1 aromatic heterocycles. The van der Waals surface area contributed by atoms with Crippen LogP contribution >= 0.6 is 11.8 Å². The third-order valence-corrected chi connectivity index (χ3v) is 3.75. The van der Waals surface area contributed by atoms with Gasteiger partial charge < -0.3 is 0 Å². The number of benzene rings is 1. The van der Waals surface area contributed by atoms with Crippen molar-refractivity contribution in [2.75, 3.05) is 0 Å². The normalized spacial score (nSPS) is 11.2. The van der Waals surface area contributed by atoms with Crippen molar-refractivity contribution in [3.8, 4) is 6.07 Å². The van der Waals surface area contributed by atoms with E-state index < -0.39 is 0 Å². The molecular formula is C16H17N3S. The standard InChI is InChI=1S/C16H17N3S/c1-11-9-13(10-17)19-15(18-11)20-14-7-5-12(6-8-14)16(2,3)4/h5-9H,1-4H3. The molecule has 0 aliphatic heterocycles. The zero-order valence-corrected chi connectivity index (χ0v) is 13.0. The van der Waals surface area contributed by atoms with Crippen LogP contribution in [0.4, 0.5) is 0 Å². The van der Waals surface area contributed by atoms with Crippen molar-refractivity contribution in [3.63, 3.8) is 0 Å². The quantitative estimate of drug-likeness (QED) is 0.778. The molecule has 2 aromatic rings. The molecule has 0 spiro atoms. The molecule has 0 fully saturated rings. The highest BCUT2D eigenvalue weighted by molar-refractivity contribution is 7.99. The topological polar surface area (TPSA) is 49.6 Å². The van der Waals surface area contributed by atoms with E-state index in [1.165, 1.54) is 17.3 Å². The van der Waals surface area contributed by atoms with Crippen LogP contribution in [0.3, 0.4) is 0 Å². The molecule has 0 N–H and O–H groups in total. The van der Waals surface area contributed by atoms with Crippen molar-refractivity contribution in [1.29, 1.82) is 5.26 Å². The first-order chi connectivity index (χ1) is 9.38. The lowest BCUT2D eigenvalue weighted by Gasteiger charge is -2.18. The van der Waals surface area contributed by atoms with Crippen molar-refractivity contribution in [2.24, 2.45) is 0 Å². The van der Waals surface area contributed by atoms with Gasteiger partial charge in [0.25, 0.3) is 0 Å². The van der Waals surface area contributed by atoms with Gasteiger partial charge in [0, 0.05) is 10.6 Å². The Balaban J connectivity index is 2.23. The smallest absolute Gasteiger partial charge is 0.193 e. The van der Waals surface area contributed by atoms with Gasteiger partial charge in [-0.25, -0.2) is 9.97 Å². The summed E-state index contributed by atoms with van der Waals surface area (Å²) in [5.41, 5.74) is 2.66. The van der Waals surface area contributed by atoms with Crippen LogP contribution < -0.4 is 0 Å². The van der Waals surface area contributed by atoms with Crippen molar-refractivity contribution < 1.29 is 0 Å². The van der Waals surface area contributed by atoms with Gasteiger partial charge in [0.2, 0.25) is 0 Å². The Morgan fingerprint density at radius 3 is 2.30 bits per heavy atom. The van der Waals surface area contributed by atoms with E-state index in [-0.39, 0.29) is 5.41 Å². The summed E-state index contributed by atoms with van der Waals surface area (Å²) < 4.78 is 0. The summed E-state index contributed by atoms with van der Waals surface area (Å²) in [6, 6.07) is 12.1. The minimum atomic E-state index is 0.150. The molecule has 0 radical (unpaired) electrons. The van der Waals surface area contributed by atoms with Gasteiger partial charge in [-0.3, -0.25) is 0 Å². The molecule has 2 rings (SSSR count). The second-order valence-electron chi connectivity index (χ2n) is 5.67. The first-order valence-corrected chi connectivity index (χ1v) is 7.24. The maximum atomic E-state index is 8.93. The van der Waals surface area contributed by atoms with Gasteiger partial charge in [-0.2, -0.15) is 5.26 Å². The van der Waals surface area contributed by atoms with E-state index in [1.54, 1.807) is 6.07 Å². The number of nitrogens with zero attached hydrogens (tertiary/aromatic N) is 3. The van der Waals surface area contributed by atoms with Crippen molar-refractivity contribution >= 4 is 11.8 Å². The van der Waals surface area contributed by atoms with Crippen molar-refractivity contribution in [2.45, 2.75) is 43.2 Å². The molecule has 102 valence electrons. The van der Waals surface area contributed by atoms with E-state index in [4.69, 9.17) is 5.26 Å². The maximum Gasteiger partial charge on any atom is 0.193 e. The lowest BCUT2D eigenvalue weighted by atomic mass is 9.87. The molecule has 3 nitrogen and oxygen atoms in total. The molecule has 0 atom stereocenters. The number of hydrogen-bond acceptors (Lipinski definition) is 4. The molecule has 0 aliphatic carbocycles. The Morgan fingerprint density at radius 1 is 1.10 bits per heavy atom. The minimum Gasteiger partial charge on any atom is -0.228 e. The average Bonchev–Trinajstić information content (AvgIpc) is 2.37. The zero-order valence-electron chi connectivity index (χ0n) is 12.1. The molecule has 0 saturated heterocycles. The molecular weight excluding hydrogens is 266 g/mol. The van der Waals surface area contributed by atoms with Crippen LogP contribution in [0.25, 0.3) is 0 Å². The van der Waals surface area contributed by atoms with E-state index >= 15 is 0 Å². The highest BCUT2D eigenvalue weighted by Crippen LogP contribution is 2.28. The summed E-state index contributed by atoms with van der Waals surface area (Å²) in [6.45, 7) is 8.45. The second kappa shape index (κ2) is 5.64. The van der Waals surface area contributed by atoms with Gasteiger partial charge >= 0.3 is 0 Å². The Bertz CT molecular complexity index is 649. The van der Waals surface area contributed by atoms with Crippen molar-refractivity contribution in [1.82, 2.24) is 9.97 Å². The first kappa shape index (κ1) is 14.5. The lowest BCUT2D eigenvalue weighted by molar-refractivity contribution is 0.590. The maximum absolute atomic E-state index is 8.93. The van der Waals surface area contributed by atoms with E-state index in [9.17, 15) is 0 Å². The predicted octanol–water partition coefficient (Wildman–Crippen LogP) is 4.11. The molecule has 1 heterocycles. The summed E-state index contributed by atoms with van der Waals surface area (Å²) in [5, 5.41) is 9.54. The fourth-order valence-electron chi connectivity index (χ4n) is 1.77. The van der Waals surface area contributed by atoms with E-state index in [1.807, 2.05) is 6.92 Å². The third kappa shape index (κ3) is 3.58. The van der Waals surface area contributed by atoms with Crippen LogP contribution in [0.5, 0.6) is 0 Å². The Kier molecular flexibility index (Phi) is 4.10. The highest BCUT2D eigenvalue weighted by Gasteiger charge is 2.13. The van der Waals surface area contributed by atoms with Crippen LogP contribution in [-0.2, 0) is 5.41 Å². The molecule has 0 aliphatic rings. The zero-order chi connectivity index (χ0) is 14.8. The number of aryl methyl sites for hydroxylation is 1. The summed E-state index contributed by atoms with van der Waals surface area (Å²) in [6.07, 6.45) is 0. The monoisotopic (exact) mass is 283 g/mol. The Morgan fingerprint density at radius 2 is 1.75 bits per heavy atom. The van der Waals surface area contributed by atoms with E-state index in [2.05, 4.69) is 61.1 Å². The number of rotatable bonds is 2. The molecule has 20 heavy (non-hydrogen) atoms. The van der Waals surface area contributed by atoms with E-state index in [0.29, 0.717) is 10.9 Å². The summed E-state index contributed by atoms with van der Waals surface area (Å²) in [7, 11) is 0. The summed E-state index contributed by atoms with van der Waals surface area (Å²) in [4.78, 5) is 9.63. The van der Waals surface area contributed by atoms with Crippen LogP contribution in [-0.4, -0.2) is 9.97 Å². The number of nitriles is 1. The predicted molar refractivity (Wildman–Crippen MR) is 80.7 cm³/mol. The highest BCUT2D eigenvalue weighted by atomic mass is 32.2. The first-order valence-electron chi connectivity index (χ1n) is 6.42. The van der Waals surface area contributed by atoms with Gasteiger partial charge in [0.05, 0.1) is 0 Å². The Labute approximate surface area is 124 Å². The molecule has 1 aromatic carbocycles. The van der Waals surface area contributed by atoms with Gasteiger partial charge in [-0.05, 0) is 47.9 Å². The number of aromatic nitrogens is 2. The van der Waals surface area contributed by atoms with Gasteiger partial charge in [-0.15, -0.1) is 0 Å². The lowest BCUT2D eigenvalue weighted by Crippen LogP contribution is -2.10. The fraction of sp³-hybridized carbons (Fsp3) is 0.312. The molecule has 0 unspecified atom stereocenters. The number of hydrogen-bond donors (Lipinski definition) is 0. The fourth-order valence-corrected chi connectivity index (χ4v) is 2.59. The largest absolute Gasteiger partial charge is 0.228 e. The van der Waals surface area contributed by atoms with Crippen LogP contribution in [0, 0.1) is 18.3 Å². The molecule has 4 heteroatoms. The third-order valence-electron chi connectivity index (χ3n) is 2.88. The van der Waals surface area contributed by atoms with Crippen LogP contribution in [0.15, 0.2) is 40.4 Å². The summed E-state index contributed by atoms with van der Waals surface area (Å²) >= 11 is 1.48. The Hall–Kier alpha value is -1.86. The summed E-state index contributed by atoms with van der Waals surface area (Å²) in [5.74, 6) is 0. The molecule has 0 bridgehead atoms. The van der Waals surface area contributed by atoms with E-state index in [0.717, 1.165) is 10.6 Å². The minimum absolute atomic E-state index is 0.150. The second-order valence-corrected chi connectivity index (χ2v) is 6.71. The van der Waals surface area contributed by atoms with Crippen molar-refractivity contribution in [3.05, 3.63) is 47.3 Å². The van der Waals surface area contributed by atoms with Gasteiger partial charge in [0.15, 0.2) is 5.16 Å². The molecule has 0 saturated carbocycles. The average molecular weight is 283 g/mol. The SMILES string of the molecule is Cc1cc(C#N)nc(Sc2ccc(C(C)(C)C)cc2)n1. The van der Waals surface area contributed by atoms with Crippen LogP contribution in [0.1, 0.15) is 37.7 Å².